The molecule has 0 N–H and O–H groups in total. The van der Waals surface area contributed by atoms with E-state index in [4.69, 9.17) is 0 Å². The molecule has 0 saturated carbocycles. The van der Waals surface area contributed by atoms with Gasteiger partial charge >= 0.3 is 0 Å². The van der Waals surface area contributed by atoms with E-state index in [-0.39, 0.29) is 10.8 Å². The van der Waals surface area contributed by atoms with Crippen molar-refractivity contribution in [3.63, 3.8) is 0 Å². The summed E-state index contributed by atoms with van der Waals surface area (Å²) in [5, 5.41) is 0. The summed E-state index contributed by atoms with van der Waals surface area (Å²) in [4.78, 5) is 2.52. The Kier molecular flexibility index (Phi) is 10.5. The van der Waals surface area contributed by atoms with Gasteiger partial charge in [0.15, 0.2) is 0 Å². The van der Waals surface area contributed by atoms with E-state index in [0.29, 0.717) is 0 Å². The fourth-order valence-corrected chi connectivity index (χ4v) is 12.1. The van der Waals surface area contributed by atoms with Crippen LogP contribution >= 0.6 is 0 Å². The number of rotatable bonds is 8. The fourth-order valence-electron chi connectivity index (χ4n) is 12.1. The summed E-state index contributed by atoms with van der Waals surface area (Å²) >= 11 is 0. The van der Waals surface area contributed by atoms with E-state index < -0.39 is 10.8 Å². The zero-order valence-corrected chi connectivity index (χ0v) is 41.6. The molecule has 71 heavy (non-hydrogen) atoms. The highest BCUT2D eigenvalue weighted by molar-refractivity contribution is 5.93. The largest absolute Gasteiger partial charge is 0.310 e. The van der Waals surface area contributed by atoms with Gasteiger partial charge in [-0.25, -0.2) is 0 Å². The molecule has 0 radical (unpaired) electrons. The smallest absolute Gasteiger partial charge is 0.0714 e. The van der Waals surface area contributed by atoms with Gasteiger partial charge in [-0.2, -0.15) is 0 Å². The van der Waals surface area contributed by atoms with Crippen LogP contribution in [0.25, 0.3) is 33.4 Å². The summed E-state index contributed by atoms with van der Waals surface area (Å²) in [5.41, 5.74) is 22.4. The third kappa shape index (κ3) is 7.04. The first-order chi connectivity index (χ1) is 34.5. The molecule has 0 aromatic heterocycles. The van der Waals surface area contributed by atoms with Crippen molar-refractivity contribution in [2.24, 2.45) is 0 Å². The van der Waals surface area contributed by atoms with Crippen LogP contribution in [0.1, 0.15) is 97.2 Å². The van der Waals surface area contributed by atoms with Crippen LogP contribution in [-0.4, -0.2) is 0 Å². The van der Waals surface area contributed by atoms with E-state index in [2.05, 4.69) is 295 Å². The lowest BCUT2D eigenvalue weighted by atomic mass is 9.66. The predicted octanol–water partition coefficient (Wildman–Crippen LogP) is 18.1. The van der Waals surface area contributed by atoms with Gasteiger partial charge < -0.3 is 4.90 Å². The lowest BCUT2D eigenvalue weighted by Gasteiger charge is -2.36. The van der Waals surface area contributed by atoms with Crippen molar-refractivity contribution < 1.29 is 0 Å². The highest BCUT2D eigenvalue weighted by Gasteiger charge is 2.48. The van der Waals surface area contributed by atoms with Crippen LogP contribution in [0.2, 0.25) is 0 Å². The van der Waals surface area contributed by atoms with E-state index in [9.17, 15) is 0 Å². The number of hydrogen-bond acceptors (Lipinski definition) is 1. The number of anilines is 3. The Balaban J connectivity index is 1.15. The molecule has 0 spiro atoms. The summed E-state index contributed by atoms with van der Waals surface area (Å²) < 4.78 is 0. The van der Waals surface area contributed by atoms with Gasteiger partial charge in [0.05, 0.1) is 10.8 Å². The summed E-state index contributed by atoms with van der Waals surface area (Å²) in [7, 11) is 0. The average Bonchev–Trinajstić information content (AvgIpc) is 3.87. The highest BCUT2D eigenvalue weighted by Crippen LogP contribution is 2.60. The van der Waals surface area contributed by atoms with Gasteiger partial charge in [0.1, 0.15) is 0 Å². The number of fused-ring (bicyclic) bond motifs is 6. The molecular weight excluding hydrogens is 855 g/mol. The van der Waals surface area contributed by atoms with E-state index >= 15 is 0 Å². The molecule has 0 fully saturated rings. The summed E-state index contributed by atoms with van der Waals surface area (Å²) in [6, 6.07) is 93.8. The number of nitrogens with zero attached hydrogens (tertiary/aromatic N) is 1. The van der Waals surface area contributed by atoms with E-state index in [1.807, 2.05) is 0 Å². The molecule has 12 rings (SSSR count). The number of benzene rings is 10. The van der Waals surface area contributed by atoms with Gasteiger partial charge in [-0.15, -0.1) is 0 Å². The second kappa shape index (κ2) is 16.9. The topological polar surface area (TPSA) is 3.24 Å². The molecule has 0 bridgehead atoms. The van der Waals surface area contributed by atoms with Gasteiger partial charge in [-0.1, -0.05) is 254 Å². The molecule has 1 nitrogen and oxygen atoms in total. The molecule has 344 valence electrons. The zero-order chi connectivity index (χ0) is 48.5. The molecular formula is C70H59N. The fraction of sp³-hybridized carbons (Fsp3) is 0.143. The third-order valence-electron chi connectivity index (χ3n) is 15.5. The molecule has 0 aliphatic heterocycles. The van der Waals surface area contributed by atoms with Gasteiger partial charge in [-0.05, 0) is 136 Å². The quantitative estimate of drug-likeness (QED) is 0.147. The lowest BCUT2D eigenvalue weighted by molar-refractivity contribution is 0.587. The maximum absolute atomic E-state index is 2.52. The second-order valence-corrected chi connectivity index (χ2v) is 21.7. The Morgan fingerprint density at radius 1 is 0.268 bits per heavy atom. The Bertz CT molecular complexity index is 3410. The normalized spacial score (nSPS) is 16.7. The van der Waals surface area contributed by atoms with Crippen LogP contribution in [0.3, 0.4) is 0 Å². The summed E-state index contributed by atoms with van der Waals surface area (Å²) in [5.74, 6) is 0. The van der Waals surface area contributed by atoms with Gasteiger partial charge in [0, 0.05) is 17.1 Å². The van der Waals surface area contributed by atoms with Crippen molar-refractivity contribution in [1.29, 1.82) is 0 Å². The second-order valence-electron chi connectivity index (χ2n) is 21.7. The van der Waals surface area contributed by atoms with Crippen molar-refractivity contribution in [2.75, 3.05) is 4.90 Å². The van der Waals surface area contributed by atoms with Gasteiger partial charge in [0.2, 0.25) is 0 Å². The molecule has 10 aromatic rings. The maximum atomic E-state index is 2.52. The first-order valence-electron chi connectivity index (χ1n) is 25.2. The van der Waals surface area contributed by atoms with Crippen LogP contribution in [0, 0.1) is 0 Å². The van der Waals surface area contributed by atoms with Crippen LogP contribution in [0.4, 0.5) is 17.1 Å². The van der Waals surface area contributed by atoms with E-state index in [1.54, 1.807) is 0 Å². The van der Waals surface area contributed by atoms with Crippen LogP contribution in [-0.2, 0) is 21.7 Å². The first-order valence-corrected chi connectivity index (χ1v) is 25.2. The van der Waals surface area contributed by atoms with E-state index in [0.717, 1.165) is 17.1 Å². The zero-order valence-electron chi connectivity index (χ0n) is 41.6. The van der Waals surface area contributed by atoms with Crippen LogP contribution in [0.15, 0.2) is 249 Å². The molecule has 2 aliphatic rings. The van der Waals surface area contributed by atoms with Crippen molar-refractivity contribution in [3.05, 3.63) is 304 Å². The Labute approximate surface area is 420 Å². The number of hydrogen-bond donors (Lipinski definition) is 0. The lowest BCUT2D eigenvalue weighted by Crippen LogP contribution is -2.30. The molecule has 10 aromatic carbocycles. The summed E-state index contributed by atoms with van der Waals surface area (Å²) in [6.45, 7) is 13.9. The monoisotopic (exact) mass is 913 g/mol. The minimum absolute atomic E-state index is 0.0342. The van der Waals surface area contributed by atoms with Crippen molar-refractivity contribution in [2.45, 2.75) is 63.2 Å². The Morgan fingerprint density at radius 3 is 1.10 bits per heavy atom. The Hall–Kier alpha value is -8.00. The van der Waals surface area contributed by atoms with Crippen LogP contribution in [0.5, 0.6) is 0 Å². The van der Waals surface area contributed by atoms with Gasteiger partial charge in [-0.3, -0.25) is 0 Å². The maximum Gasteiger partial charge on any atom is 0.0714 e. The predicted molar refractivity (Wildman–Crippen MR) is 299 cm³/mol. The minimum Gasteiger partial charge on any atom is -0.310 e. The third-order valence-corrected chi connectivity index (χ3v) is 15.5. The highest BCUT2D eigenvalue weighted by atomic mass is 15.1. The minimum atomic E-state index is -0.581. The molecule has 2 atom stereocenters. The van der Waals surface area contributed by atoms with Crippen molar-refractivity contribution in [3.8, 4) is 33.4 Å². The molecule has 1 heteroatoms. The Morgan fingerprint density at radius 2 is 0.634 bits per heavy atom. The molecule has 2 aliphatic carbocycles. The average molecular weight is 914 g/mol. The molecule has 0 saturated heterocycles. The van der Waals surface area contributed by atoms with Crippen LogP contribution < -0.4 is 4.90 Å². The summed E-state index contributed by atoms with van der Waals surface area (Å²) in [6.07, 6.45) is 0. The molecule has 2 unspecified atom stereocenters. The van der Waals surface area contributed by atoms with Crippen molar-refractivity contribution >= 4 is 17.1 Å². The first kappa shape index (κ1) is 44.2. The van der Waals surface area contributed by atoms with Gasteiger partial charge in [0.25, 0.3) is 0 Å². The van der Waals surface area contributed by atoms with Crippen molar-refractivity contribution in [1.82, 2.24) is 0 Å². The molecule has 0 amide bonds. The SMILES string of the molecule is CC(C)(C)c1cccc(C2(c3ccccc3)c3ccccc3-c3ccc(N(c4cccc(-c5ccccc5)c4)c4ccc5c(c4)C(c4ccccc4)(c4cccc(C(C)(C)C)c4)c4ccccc4-5)cc32)c1. The van der Waals surface area contributed by atoms with E-state index in [1.165, 1.54) is 89.0 Å². The molecule has 0 heterocycles. The standard InChI is InChI=1S/C70H59N/c1-67(2,3)52-30-21-32-54(44-52)69(50-26-12-8-13-27-50)63-37-18-16-35-59(63)61-41-39-57(46-65(61)69)71(56-34-20-25-49(43-56)48-23-10-7-11-24-48)58-40-42-62-60-36-17-19-38-64(60)70(66(62)47-58,51-28-14-9-15-29-51)55-33-22-31-53(45-55)68(4,5)6/h7-47H,1-6H3.